The molecular weight excluding hydrogens is 912 g/mol. The number of nitrogens with one attached hydrogen (secondary N) is 1. The Morgan fingerprint density at radius 3 is 1.04 bits per heavy atom. The van der Waals surface area contributed by atoms with Gasteiger partial charge in [0, 0.05) is 6.42 Å². The molecule has 3 unspecified atom stereocenters. The largest absolute Gasteiger partial charge is 0.756 e. The summed E-state index contributed by atoms with van der Waals surface area (Å²) in [6, 6.07) is -0.882. The van der Waals surface area contributed by atoms with Crippen LogP contribution in [-0.4, -0.2) is 68.5 Å². The van der Waals surface area contributed by atoms with Crippen LogP contribution in [0.1, 0.15) is 335 Å². The third-order valence-corrected chi connectivity index (χ3v) is 16.0. The van der Waals surface area contributed by atoms with Crippen LogP contribution in [0.4, 0.5) is 0 Å². The summed E-state index contributed by atoms with van der Waals surface area (Å²) in [4.78, 5) is 25.5. The molecule has 0 rings (SSSR count). The Morgan fingerprint density at radius 1 is 0.472 bits per heavy atom. The lowest BCUT2D eigenvalue weighted by atomic mass is 10.0. The van der Waals surface area contributed by atoms with Crippen molar-refractivity contribution in [1.82, 2.24) is 5.32 Å². The molecule has 2 N–H and O–H groups in total. The molecule has 0 saturated carbocycles. The van der Waals surface area contributed by atoms with Crippen molar-refractivity contribution >= 4 is 13.7 Å². The van der Waals surface area contributed by atoms with Gasteiger partial charge in [0.1, 0.15) is 13.2 Å². The summed E-state index contributed by atoms with van der Waals surface area (Å²) in [5.74, 6) is -0.190. The van der Waals surface area contributed by atoms with E-state index in [2.05, 4.69) is 19.2 Å². The highest BCUT2D eigenvalue weighted by Gasteiger charge is 2.23. The molecule has 0 aromatic heterocycles. The van der Waals surface area contributed by atoms with Crippen LogP contribution in [0.15, 0.2) is 12.2 Å². The van der Waals surface area contributed by atoms with E-state index in [4.69, 9.17) is 9.05 Å². The molecular formula is C63H127N2O6P. The quantitative estimate of drug-likeness (QED) is 0.0272. The van der Waals surface area contributed by atoms with Gasteiger partial charge in [0.2, 0.25) is 5.91 Å². The molecule has 0 fully saturated rings. The predicted octanol–water partition coefficient (Wildman–Crippen LogP) is 19.1. The summed E-state index contributed by atoms with van der Waals surface area (Å²) in [5.41, 5.74) is 0. The number of hydrogen-bond acceptors (Lipinski definition) is 6. The lowest BCUT2D eigenvalue weighted by Crippen LogP contribution is -2.45. The third-order valence-electron chi connectivity index (χ3n) is 15.0. The van der Waals surface area contributed by atoms with Gasteiger partial charge in [-0.1, -0.05) is 321 Å². The Hall–Kier alpha value is -0.760. The van der Waals surface area contributed by atoms with Crippen LogP contribution in [0, 0.1) is 0 Å². The van der Waals surface area contributed by atoms with Gasteiger partial charge in [0.25, 0.3) is 7.82 Å². The summed E-state index contributed by atoms with van der Waals surface area (Å²) < 4.78 is 23.4. The fraction of sp³-hybridized carbons (Fsp3) is 0.952. The van der Waals surface area contributed by atoms with Crippen LogP contribution < -0.4 is 10.2 Å². The number of phosphoric ester groups is 1. The molecule has 0 spiro atoms. The number of aliphatic hydroxyl groups excluding tert-OH is 1. The van der Waals surface area contributed by atoms with Gasteiger partial charge in [-0.3, -0.25) is 9.36 Å². The van der Waals surface area contributed by atoms with Crippen molar-refractivity contribution in [2.24, 2.45) is 0 Å². The number of amides is 1. The van der Waals surface area contributed by atoms with E-state index in [9.17, 15) is 19.4 Å². The first-order valence-corrected chi connectivity index (χ1v) is 33.5. The zero-order valence-corrected chi connectivity index (χ0v) is 50.1. The van der Waals surface area contributed by atoms with Gasteiger partial charge in [-0.05, 0) is 19.3 Å². The van der Waals surface area contributed by atoms with Crippen molar-refractivity contribution < 1.29 is 32.9 Å². The molecule has 9 heteroatoms. The number of unbranched alkanes of at least 4 members (excludes halogenated alkanes) is 47. The first kappa shape index (κ1) is 71.2. The summed E-state index contributed by atoms with van der Waals surface area (Å²) >= 11 is 0. The van der Waals surface area contributed by atoms with Crippen molar-refractivity contribution in [2.45, 2.75) is 347 Å². The molecule has 0 aliphatic heterocycles. The van der Waals surface area contributed by atoms with Gasteiger partial charge < -0.3 is 28.8 Å². The van der Waals surface area contributed by atoms with Crippen LogP contribution in [0.25, 0.3) is 0 Å². The minimum Gasteiger partial charge on any atom is -0.756 e. The van der Waals surface area contributed by atoms with E-state index >= 15 is 0 Å². The van der Waals surface area contributed by atoms with Gasteiger partial charge in [-0.15, -0.1) is 0 Å². The fourth-order valence-electron chi connectivity index (χ4n) is 9.98. The van der Waals surface area contributed by atoms with Gasteiger partial charge in [-0.2, -0.15) is 0 Å². The van der Waals surface area contributed by atoms with Gasteiger partial charge in [-0.25, -0.2) is 0 Å². The van der Waals surface area contributed by atoms with E-state index in [1.807, 2.05) is 27.2 Å². The molecule has 430 valence electrons. The Bertz CT molecular complexity index is 1180. The standard InChI is InChI=1S/C63H127N2O6P/c1-6-8-10-12-14-16-18-20-22-23-24-25-26-27-28-29-30-31-32-33-34-35-36-37-38-39-40-41-43-45-47-49-51-53-55-57-63(67)64-61(60-71-72(68,69)70-59-58-65(3,4)5)62(66)56-54-52-50-48-46-44-42-21-19-17-15-13-11-9-7-2/h54,56,61-62,66H,6-53,55,57-60H2,1-5H3,(H-,64,67,68,69)/b56-54+. The summed E-state index contributed by atoms with van der Waals surface area (Å²) in [7, 11) is 1.28. The summed E-state index contributed by atoms with van der Waals surface area (Å²) in [5, 5.41) is 13.9. The van der Waals surface area contributed by atoms with E-state index in [1.165, 1.54) is 276 Å². The number of carbonyl (C=O) groups is 1. The first-order valence-electron chi connectivity index (χ1n) is 32.1. The van der Waals surface area contributed by atoms with Crippen molar-refractivity contribution in [3.05, 3.63) is 12.2 Å². The van der Waals surface area contributed by atoms with Gasteiger partial charge in [0.15, 0.2) is 0 Å². The third kappa shape index (κ3) is 57.0. The second-order valence-corrected chi connectivity index (χ2v) is 24.9. The fourth-order valence-corrected chi connectivity index (χ4v) is 10.7. The molecule has 72 heavy (non-hydrogen) atoms. The van der Waals surface area contributed by atoms with Crippen molar-refractivity contribution in [1.29, 1.82) is 0 Å². The van der Waals surface area contributed by atoms with E-state index in [0.717, 1.165) is 38.5 Å². The van der Waals surface area contributed by atoms with Crippen LogP contribution in [0.5, 0.6) is 0 Å². The molecule has 0 saturated heterocycles. The molecule has 0 heterocycles. The number of quaternary nitrogens is 1. The molecule has 0 radical (unpaired) electrons. The molecule has 0 aromatic rings. The van der Waals surface area contributed by atoms with Crippen molar-refractivity contribution in [2.75, 3.05) is 40.9 Å². The number of aliphatic hydroxyl groups is 1. The highest BCUT2D eigenvalue weighted by Crippen LogP contribution is 2.38. The molecule has 0 aromatic carbocycles. The Labute approximate surface area is 450 Å². The zero-order valence-electron chi connectivity index (χ0n) is 49.2. The van der Waals surface area contributed by atoms with E-state index < -0.39 is 20.0 Å². The number of allylic oxidation sites excluding steroid dienone is 1. The van der Waals surface area contributed by atoms with Crippen molar-refractivity contribution in [3.63, 3.8) is 0 Å². The number of likely N-dealkylation sites (N-methyl/N-ethyl adjacent to an activating group) is 1. The van der Waals surface area contributed by atoms with Crippen LogP contribution in [0.3, 0.4) is 0 Å². The Kier molecular flexibility index (Phi) is 54.4. The maximum absolute atomic E-state index is 13.0. The number of phosphoric acid groups is 1. The highest BCUT2D eigenvalue weighted by molar-refractivity contribution is 7.45. The topological polar surface area (TPSA) is 108 Å². The second kappa shape index (κ2) is 55.0. The number of rotatable bonds is 60. The van der Waals surface area contributed by atoms with E-state index in [1.54, 1.807) is 6.08 Å². The van der Waals surface area contributed by atoms with E-state index in [-0.39, 0.29) is 19.1 Å². The van der Waals surface area contributed by atoms with Gasteiger partial charge >= 0.3 is 0 Å². The highest BCUT2D eigenvalue weighted by atomic mass is 31.2. The maximum Gasteiger partial charge on any atom is 0.268 e. The molecule has 3 atom stereocenters. The molecule has 1 amide bonds. The van der Waals surface area contributed by atoms with Crippen molar-refractivity contribution in [3.8, 4) is 0 Å². The number of hydrogen-bond donors (Lipinski definition) is 2. The lowest BCUT2D eigenvalue weighted by molar-refractivity contribution is -0.870. The molecule has 0 aliphatic rings. The zero-order chi connectivity index (χ0) is 52.7. The predicted molar refractivity (Wildman–Crippen MR) is 312 cm³/mol. The summed E-state index contributed by atoms with van der Waals surface area (Å²) in [6.45, 7) is 4.70. The SMILES string of the molecule is CCCCCCCCCCCCCCC/C=C/C(O)C(COP(=O)([O-])OCC[N+](C)(C)C)NC(=O)CCCCCCCCCCCCCCCCCCCCCCCCCCCCCCCCCCCCC. The minimum atomic E-state index is -4.59. The number of carbonyl (C=O) groups excluding carboxylic acids is 1. The number of nitrogens with zero attached hydrogens (tertiary/aromatic N) is 1. The summed E-state index contributed by atoms with van der Waals surface area (Å²) in [6.07, 6.45) is 69.0. The first-order chi connectivity index (χ1) is 35.0. The smallest absolute Gasteiger partial charge is 0.268 e. The van der Waals surface area contributed by atoms with E-state index in [0.29, 0.717) is 17.4 Å². The van der Waals surface area contributed by atoms with Crippen LogP contribution >= 0.6 is 7.82 Å². The molecule has 8 nitrogen and oxygen atoms in total. The second-order valence-electron chi connectivity index (χ2n) is 23.5. The molecule has 0 bridgehead atoms. The van der Waals surface area contributed by atoms with Crippen LogP contribution in [-0.2, 0) is 18.4 Å². The van der Waals surface area contributed by atoms with Gasteiger partial charge in [0.05, 0.1) is 39.9 Å². The lowest BCUT2D eigenvalue weighted by Gasteiger charge is -2.29. The monoisotopic (exact) mass is 1040 g/mol. The van der Waals surface area contributed by atoms with Crippen LogP contribution in [0.2, 0.25) is 0 Å². The Balaban J connectivity index is 3.92. The average Bonchev–Trinajstić information content (AvgIpc) is 3.34. The minimum absolute atomic E-state index is 0.00262. The maximum atomic E-state index is 13.0. The normalized spacial score (nSPS) is 13.8. The molecule has 0 aliphatic carbocycles. The average molecular weight is 1040 g/mol. The Morgan fingerprint density at radius 2 is 0.750 bits per heavy atom.